The molecule has 0 heterocycles. The van der Waals surface area contributed by atoms with E-state index in [1.165, 1.54) is 43.5 Å². The molecule has 0 aliphatic heterocycles. The number of aliphatic carboxylic acids is 1. The Morgan fingerprint density at radius 2 is 1.65 bits per heavy atom. The highest BCUT2D eigenvalue weighted by Crippen LogP contribution is 2.32. The first-order valence-corrected chi connectivity index (χ1v) is 15.9. The van der Waals surface area contributed by atoms with Crippen LogP contribution in [0.2, 0.25) is 0 Å². The van der Waals surface area contributed by atoms with Crippen LogP contribution < -0.4 is 15.4 Å². The fraction of sp³-hybridized carbons (Fsp3) is 0.471. The second-order valence-electron chi connectivity index (χ2n) is 11.8. The molecule has 0 spiro atoms. The quantitative estimate of drug-likeness (QED) is 0.0525. The maximum absolute atomic E-state index is 13.2. The molecule has 2 aromatic carbocycles. The van der Waals surface area contributed by atoms with E-state index >= 15 is 0 Å². The highest BCUT2D eigenvalue weighted by Gasteiger charge is 2.50. The zero-order chi connectivity index (χ0) is 35.3. The van der Waals surface area contributed by atoms with Gasteiger partial charge >= 0.3 is 11.9 Å². The smallest absolute Gasteiger partial charge is 0.331 e. The zero-order valence-electron chi connectivity index (χ0n) is 26.7. The van der Waals surface area contributed by atoms with Gasteiger partial charge in [-0.05, 0) is 54.5 Å². The predicted molar refractivity (Wildman–Crippen MR) is 173 cm³/mol. The molecule has 1 aliphatic rings. The van der Waals surface area contributed by atoms with E-state index in [-0.39, 0.29) is 5.75 Å². The first-order valence-electron chi connectivity index (χ1n) is 15.9. The molecule has 262 valence electrons. The number of anilines is 1. The van der Waals surface area contributed by atoms with Gasteiger partial charge in [0.2, 0.25) is 5.91 Å². The normalized spacial score (nSPS) is 21.3. The molecule has 2 amide bonds. The Kier molecular flexibility index (Phi) is 14.2. The van der Waals surface area contributed by atoms with Gasteiger partial charge in [0.1, 0.15) is 29.6 Å². The first-order chi connectivity index (χ1) is 22.8. The maximum atomic E-state index is 13.2. The predicted octanol–water partition coefficient (Wildman–Crippen LogP) is 2.61. The zero-order valence-corrected chi connectivity index (χ0v) is 26.7. The lowest BCUT2D eigenvalue weighted by Crippen LogP contribution is -2.61. The summed E-state index contributed by atoms with van der Waals surface area (Å²) in [5.74, 6) is -4.76. The fourth-order valence-corrected chi connectivity index (χ4v) is 5.16. The van der Waals surface area contributed by atoms with E-state index < -0.39 is 78.7 Å². The average molecular weight is 673 g/mol. The van der Waals surface area contributed by atoms with E-state index in [0.717, 1.165) is 25.3 Å². The van der Waals surface area contributed by atoms with Crippen molar-refractivity contribution < 1.29 is 59.3 Å². The van der Waals surface area contributed by atoms with Crippen molar-refractivity contribution in [2.75, 3.05) is 11.9 Å². The third-order valence-electron chi connectivity index (χ3n) is 7.85. The number of ether oxygens (including phenoxy) is 2. The van der Waals surface area contributed by atoms with Crippen molar-refractivity contribution in [2.24, 2.45) is 0 Å². The van der Waals surface area contributed by atoms with Crippen molar-refractivity contribution in [2.45, 2.75) is 94.7 Å². The molecule has 14 nitrogen and oxygen atoms in total. The lowest BCUT2D eigenvalue weighted by Gasteiger charge is -2.40. The summed E-state index contributed by atoms with van der Waals surface area (Å²) in [6.07, 6.45) is 1.70. The minimum Gasteiger partial charge on any atom is -0.504 e. The summed E-state index contributed by atoms with van der Waals surface area (Å²) >= 11 is 0. The van der Waals surface area contributed by atoms with E-state index in [0.29, 0.717) is 23.6 Å². The molecular formula is C34H44N2O12. The van der Waals surface area contributed by atoms with Gasteiger partial charge in [0.15, 0.2) is 11.5 Å². The highest BCUT2D eigenvalue weighted by molar-refractivity contribution is 6.00. The van der Waals surface area contributed by atoms with Crippen LogP contribution in [-0.2, 0) is 23.9 Å². The molecule has 1 unspecified atom stereocenters. The van der Waals surface area contributed by atoms with Gasteiger partial charge in [-0.1, -0.05) is 45.1 Å². The van der Waals surface area contributed by atoms with Crippen molar-refractivity contribution >= 4 is 35.5 Å². The Morgan fingerprint density at radius 3 is 2.31 bits per heavy atom. The highest BCUT2D eigenvalue weighted by atomic mass is 16.6. The van der Waals surface area contributed by atoms with Crippen molar-refractivity contribution in [3.63, 3.8) is 0 Å². The number of hydrogen-bond acceptors (Lipinski definition) is 11. The van der Waals surface area contributed by atoms with Gasteiger partial charge in [-0.15, -0.1) is 0 Å². The molecule has 8 N–H and O–H groups in total. The Hall–Kier alpha value is -4.66. The van der Waals surface area contributed by atoms with Crippen LogP contribution in [0, 0.1) is 0 Å². The van der Waals surface area contributed by atoms with Crippen LogP contribution in [0.5, 0.6) is 17.2 Å². The molecule has 3 rings (SSSR count). The molecule has 1 aliphatic carbocycles. The summed E-state index contributed by atoms with van der Waals surface area (Å²) in [6, 6.07) is 8.51. The lowest BCUT2D eigenvalue weighted by molar-refractivity contribution is -0.187. The summed E-state index contributed by atoms with van der Waals surface area (Å²) in [7, 11) is 0. The number of carboxylic acids is 1. The number of carboxylic acid groups (broad SMARTS) is 1. The number of hydrogen-bond donors (Lipinski definition) is 8. The Bertz CT molecular complexity index is 1430. The number of aliphatic hydroxyl groups excluding tert-OH is 2. The largest absolute Gasteiger partial charge is 0.504 e. The SMILES string of the molecule is CCCCCCCCOc1ccc(NC(=O)C(CC(=O)O)NC(=O)[C@]2(O)C[C@@H](O)[C@@H](O)[C@H](OC(=O)/C=C/c3ccc(O)c(O)c3)C2)cc1. The summed E-state index contributed by atoms with van der Waals surface area (Å²) in [4.78, 5) is 50.2. The van der Waals surface area contributed by atoms with Gasteiger partial charge in [0, 0.05) is 24.6 Å². The number of carbonyl (C=O) groups is 4. The second-order valence-corrected chi connectivity index (χ2v) is 11.8. The number of phenols is 2. The third-order valence-corrected chi connectivity index (χ3v) is 7.85. The van der Waals surface area contributed by atoms with Crippen molar-refractivity contribution in [3.05, 3.63) is 54.1 Å². The molecule has 14 heteroatoms. The number of esters is 1. The molecule has 1 saturated carbocycles. The average Bonchev–Trinajstić information content (AvgIpc) is 3.03. The fourth-order valence-electron chi connectivity index (χ4n) is 5.16. The van der Waals surface area contributed by atoms with Crippen LogP contribution >= 0.6 is 0 Å². The lowest BCUT2D eigenvalue weighted by atomic mass is 9.78. The monoisotopic (exact) mass is 672 g/mol. The Balaban J connectivity index is 1.59. The number of rotatable bonds is 17. The maximum Gasteiger partial charge on any atom is 0.331 e. The molecular weight excluding hydrogens is 628 g/mol. The Labute approximate surface area is 278 Å². The number of benzene rings is 2. The Morgan fingerprint density at radius 1 is 0.958 bits per heavy atom. The summed E-state index contributed by atoms with van der Waals surface area (Å²) in [6.45, 7) is 2.70. The van der Waals surface area contributed by atoms with E-state index in [4.69, 9.17) is 9.47 Å². The van der Waals surface area contributed by atoms with Crippen LogP contribution in [0.3, 0.4) is 0 Å². The van der Waals surface area contributed by atoms with E-state index in [1.54, 1.807) is 24.3 Å². The molecule has 0 bridgehead atoms. The number of aliphatic hydroxyl groups is 3. The molecule has 5 atom stereocenters. The number of aromatic hydroxyl groups is 2. The van der Waals surface area contributed by atoms with Crippen LogP contribution in [0.25, 0.3) is 6.08 Å². The van der Waals surface area contributed by atoms with Gasteiger partial charge in [-0.3, -0.25) is 14.4 Å². The molecule has 1 fully saturated rings. The number of amides is 2. The number of carbonyl (C=O) groups excluding carboxylic acids is 3. The van der Waals surface area contributed by atoms with Gasteiger partial charge in [-0.2, -0.15) is 0 Å². The summed E-state index contributed by atoms with van der Waals surface area (Å²) in [5, 5.41) is 65.1. The summed E-state index contributed by atoms with van der Waals surface area (Å²) < 4.78 is 10.9. The van der Waals surface area contributed by atoms with Crippen LogP contribution in [-0.4, -0.2) is 91.0 Å². The van der Waals surface area contributed by atoms with Gasteiger partial charge < -0.3 is 50.7 Å². The van der Waals surface area contributed by atoms with Crippen molar-refractivity contribution in [1.82, 2.24) is 5.32 Å². The van der Waals surface area contributed by atoms with E-state index in [1.807, 2.05) is 0 Å². The van der Waals surface area contributed by atoms with Crippen LogP contribution in [0.15, 0.2) is 48.5 Å². The van der Waals surface area contributed by atoms with Gasteiger partial charge in [0.05, 0.1) is 19.1 Å². The van der Waals surface area contributed by atoms with Crippen molar-refractivity contribution in [1.29, 1.82) is 0 Å². The second kappa shape index (κ2) is 18.0. The van der Waals surface area contributed by atoms with Crippen LogP contribution in [0.1, 0.15) is 70.3 Å². The number of unbranched alkanes of at least 4 members (excludes halogenated alkanes) is 5. The van der Waals surface area contributed by atoms with Crippen molar-refractivity contribution in [3.8, 4) is 17.2 Å². The number of phenolic OH excluding ortho intramolecular Hbond substituents is 2. The molecule has 2 aromatic rings. The van der Waals surface area contributed by atoms with Gasteiger partial charge in [0.25, 0.3) is 5.91 Å². The topological polar surface area (TPSA) is 232 Å². The number of nitrogens with one attached hydrogen (secondary N) is 2. The third kappa shape index (κ3) is 11.5. The minimum absolute atomic E-state index is 0.300. The molecule has 0 radical (unpaired) electrons. The van der Waals surface area contributed by atoms with E-state index in [9.17, 15) is 49.8 Å². The minimum atomic E-state index is -2.46. The van der Waals surface area contributed by atoms with Gasteiger partial charge in [-0.25, -0.2) is 4.79 Å². The standard InChI is InChI=1S/C34H44N2O12/c1-2-3-4-5-6-7-16-47-23-12-10-22(11-13-23)35-32(44)24(18-29(40)41)36-33(45)34(46)19-27(39)31(43)28(20-34)48-30(42)15-9-21-8-14-25(37)26(38)17-21/h8-15,17,24,27-28,31,37-39,43,46H,2-7,16,18-20H2,1H3,(H,35,44)(H,36,45)(H,40,41)/b15-9+/t24?,27-,28-,31-,34+/m1/s1. The van der Waals surface area contributed by atoms with Crippen LogP contribution in [0.4, 0.5) is 5.69 Å². The van der Waals surface area contributed by atoms with E-state index in [2.05, 4.69) is 17.6 Å². The summed E-state index contributed by atoms with van der Waals surface area (Å²) in [5.41, 5.74) is -1.84. The molecule has 48 heavy (non-hydrogen) atoms. The molecule has 0 saturated heterocycles. The first kappa shape index (κ1) is 37.8. The molecule has 0 aromatic heterocycles.